The van der Waals surface area contributed by atoms with Crippen LogP contribution < -0.4 is 4.72 Å². The third-order valence-electron chi connectivity index (χ3n) is 3.72. The van der Waals surface area contributed by atoms with Gasteiger partial charge in [0.1, 0.15) is 5.82 Å². The molecule has 1 aromatic carbocycles. The van der Waals surface area contributed by atoms with Crippen molar-refractivity contribution in [1.82, 2.24) is 9.78 Å². The van der Waals surface area contributed by atoms with E-state index in [-0.39, 0.29) is 11.6 Å². The lowest BCUT2D eigenvalue weighted by Gasteiger charge is -2.07. The summed E-state index contributed by atoms with van der Waals surface area (Å²) in [4.78, 5) is 0. The fraction of sp³-hybridized carbons (Fsp3) is 0.357. The van der Waals surface area contributed by atoms with Crippen LogP contribution in [-0.4, -0.2) is 23.4 Å². The van der Waals surface area contributed by atoms with Crippen LogP contribution in [0.2, 0.25) is 0 Å². The Morgan fingerprint density at radius 1 is 1.39 bits per heavy atom. The minimum Gasteiger partial charge on any atom is -0.280 e. The van der Waals surface area contributed by atoms with E-state index in [2.05, 4.69) is 9.82 Å². The summed E-state index contributed by atoms with van der Waals surface area (Å²) in [6.07, 6.45) is -1.37. The molecule has 2 aromatic rings. The van der Waals surface area contributed by atoms with Gasteiger partial charge in [0, 0.05) is 19.2 Å². The van der Waals surface area contributed by atoms with E-state index >= 15 is 0 Å². The maximum atomic E-state index is 13.2. The molecule has 1 aromatic heterocycles. The first kappa shape index (κ1) is 15.9. The van der Waals surface area contributed by atoms with Crippen molar-refractivity contribution in [3.8, 4) is 0 Å². The molecule has 1 saturated carbocycles. The van der Waals surface area contributed by atoms with Gasteiger partial charge in [-0.15, -0.1) is 0 Å². The third kappa shape index (κ3) is 3.19. The number of sulfonamides is 1. The van der Waals surface area contributed by atoms with Crippen LogP contribution in [-0.2, 0) is 17.1 Å². The van der Waals surface area contributed by atoms with Gasteiger partial charge in [0.05, 0.1) is 10.9 Å². The Kier molecular flexibility index (Phi) is 3.83. The molecule has 1 aliphatic carbocycles. The van der Waals surface area contributed by atoms with Gasteiger partial charge in [0.25, 0.3) is 6.43 Å². The van der Waals surface area contributed by atoms with E-state index < -0.39 is 33.2 Å². The van der Waals surface area contributed by atoms with E-state index in [1.165, 1.54) is 31.4 Å². The molecule has 5 nitrogen and oxygen atoms in total. The fourth-order valence-corrected chi connectivity index (χ4v) is 4.24. The van der Waals surface area contributed by atoms with Crippen molar-refractivity contribution in [3.05, 3.63) is 47.5 Å². The lowest BCUT2D eigenvalue weighted by atomic mass is 10.1. The first-order valence-electron chi connectivity index (χ1n) is 6.86. The zero-order valence-electron chi connectivity index (χ0n) is 12.1. The summed E-state index contributed by atoms with van der Waals surface area (Å²) in [7, 11) is -2.43. The summed E-state index contributed by atoms with van der Waals surface area (Å²) in [5, 5.41) is 2.78. The average molecular weight is 345 g/mol. The zero-order valence-corrected chi connectivity index (χ0v) is 12.9. The maximum absolute atomic E-state index is 13.2. The Labute approximate surface area is 131 Å². The quantitative estimate of drug-likeness (QED) is 0.906. The summed E-state index contributed by atoms with van der Waals surface area (Å²) in [6, 6.07) is 5.72. The normalized spacial score (nSPS) is 20.7. The summed E-state index contributed by atoms with van der Waals surface area (Å²) < 4.78 is 66.9. The SMILES string of the molecule is Cn1cc(NS(=O)(=O)C2CC2c2cccc(F)c2)c(C(F)F)n1. The van der Waals surface area contributed by atoms with Gasteiger partial charge < -0.3 is 0 Å². The minimum absolute atomic E-state index is 0.229. The first-order valence-corrected chi connectivity index (χ1v) is 8.41. The van der Waals surface area contributed by atoms with Gasteiger partial charge in [-0.2, -0.15) is 5.10 Å². The van der Waals surface area contributed by atoms with E-state index in [0.717, 1.165) is 4.68 Å². The van der Waals surface area contributed by atoms with Crippen molar-refractivity contribution in [3.63, 3.8) is 0 Å². The van der Waals surface area contributed by atoms with Crippen LogP contribution in [0.15, 0.2) is 30.5 Å². The number of nitrogens with one attached hydrogen (secondary N) is 1. The number of halogens is 3. The van der Waals surface area contributed by atoms with Crippen molar-refractivity contribution in [2.24, 2.45) is 7.05 Å². The molecule has 0 bridgehead atoms. The summed E-state index contributed by atoms with van der Waals surface area (Å²) in [5.74, 6) is -0.777. The summed E-state index contributed by atoms with van der Waals surface area (Å²) in [6.45, 7) is 0. The molecule has 124 valence electrons. The molecule has 0 aliphatic heterocycles. The van der Waals surface area contributed by atoms with E-state index in [0.29, 0.717) is 12.0 Å². The predicted octanol–water partition coefficient (Wildman–Crippen LogP) is 2.79. The van der Waals surface area contributed by atoms with Crippen LogP contribution in [0, 0.1) is 5.82 Å². The highest BCUT2D eigenvalue weighted by Crippen LogP contribution is 2.46. The highest BCUT2D eigenvalue weighted by Gasteiger charge is 2.48. The van der Waals surface area contributed by atoms with Crippen LogP contribution in [0.25, 0.3) is 0 Å². The highest BCUT2D eigenvalue weighted by atomic mass is 32.2. The first-order chi connectivity index (χ1) is 10.8. The van der Waals surface area contributed by atoms with Crippen molar-refractivity contribution >= 4 is 15.7 Å². The number of alkyl halides is 2. The lowest BCUT2D eigenvalue weighted by Crippen LogP contribution is -2.19. The monoisotopic (exact) mass is 345 g/mol. The molecule has 1 heterocycles. The molecule has 23 heavy (non-hydrogen) atoms. The van der Waals surface area contributed by atoms with Crippen molar-refractivity contribution < 1.29 is 21.6 Å². The Balaban J connectivity index is 1.79. The van der Waals surface area contributed by atoms with Gasteiger partial charge in [0.2, 0.25) is 10.0 Å². The molecular formula is C14H14F3N3O2S. The highest BCUT2D eigenvalue weighted by molar-refractivity contribution is 7.93. The summed E-state index contributed by atoms with van der Waals surface area (Å²) >= 11 is 0. The maximum Gasteiger partial charge on any atom is 0.284 e. The number of aryl methyl sites for hydroxylation is 1. The van der Waals surface area contributed by atoms with Gasteiger partial charge in [-0.05, 0) is 24.1 Å². The number of hydrogen-bond acceptors (Lipinski definition) is 3. The number of aromatic nitrogens is 2. The molecule has 0 amide bonds. The average Bonchev–Trinajstić information content (AvgIpc) is 3.18. The van der Waals surface area contributed by atoms with Gasteiger partial charge in [-0.1, -0.05) is 12.1 Å². The van der Waals surface area contributed by atoms with Crippen LogP contribution >= 0.6 is 0 Å². The van der Waals surface area contributed by atoms with Gasteiger partial charge in [-0.3, -0.25) is 9.40 Å². The molecule has 9 heteroatoms. The largest absolute Gasteiger partial charge is 0.284 e. The van der Waals surface area contributed by atoms with E-state index in [1.54, 1.807) is 6.07 Å². The number of nitrogens with zero attached hydrogens (tertiary/aromatic N) is 2. The van der Waals surface area contributed by atoms with E-state index in [4.69, 9.17) is 0 Å². The predicted molar refractivity (Wildman–Crippen MR) is 78.3 cm³/mol. The number of anilines is 1. The molecule has 0 radical (unpaired) electrons. The smallest absolute Gasteiger partial charge is 0.280 e. The van der Waals surface area contributed by atoms with Crippen molar-refractivity contribution in [1.29, 1.82) is 0 Å². The van der Waals surface area contributed by atoms with Crippen LogP contribution in [0.4, 0.5) is 18.9 Å². The molecule has 0 spiro atoms. The van der Waals surface area contributed by atoms with Gasteiger partial charge in [0.15, 0.2) is 5.69 Å². The van der Waals surface area contributed by atoms with Crippen LogP contribution in [0.5, 0.6) is 0 Å². The molecule has 0 saturated heterocycles. The van der Waals surface area contributed by atoms with Crippen LogP contribution in [0.3, 0.4) is 0 Å². The molecule has 3 rings (SSSR count). The van der Waals surface area contributed by atoms with Gasteiger partial charge >= 0.3 is 0 Å². The second-order valence-corrected chi connectivity index (χ2v) is 7.38. The van der Waals surface area contributed by atoms with Crippen molar-refractivity contribution in [2.75, 3.05) is 4.72 Å². The standard InChI is InChI=1S/C14H14F3N3O2S/c1-20-7-11(13(18-20)14(16)17)19-23(21,22)12-6-10(12)8-3-2-4-9(15)5-8/h2-5,7,10,12,14,19H,6H2,1H3. The molecule has 2 unspecified atom stereocenters. The zero-order chi connectivity index (χ0) is 16.8. The van der Waals surface area contributed by atoms with Crippen LogP contribution in [0.1, 0.15) is 30.0 Å². The van der Waals surface area contributed by atoms with Crippen molar-refractivity contribution in [2.45, 2.75) is 24.0 Å². The summed E-state index contributed by atoms with van der Waals surface area (Å²) in [5.41, 5.74) is -0.257. The molecular weight excluding hydrogens is 331 g/mol. The number of hydrogen-bond donors (Lipinski definition) is 1. The topological polar surface area (TPSA) is 64.0 Å². The lowest BCUT2D eigenvalue weighted by molar-refractivity contribution is 0.146. The molecule has 2 atom stereocenters. The second kappa shape index (κ2) is 5.55. The second-order valence-electron chi connectivity index (χ2n) is 5.49. The van der Waals surface area contributed by atoms with E-state index in [1.807, 2.05) is 0 Å². The Morgan fingerprint density at radius 3 is 2.78 bits per heavy atom. The Morgan fingerprint density at radius 2 is 2.13 bits per heavy atom. The fourth-order valence-electron chi connectivity index (χ4n) is 2.58. The van der Waals surface area contributed by atoms with Gasteiger partial charge in [-0.25, -0.2) is 21.6 Å². The minimum atomic E-state index is -3.85. The number of benzene rings is 1. The molecule has 1 N–H and O–H groups in total. The number of rotatable bonds is 5. The Hall–Kier alpha value is -2.03. The molecule has 1 fully saturated rings. The molecule has 1 aliphatic rings. The third-order valence-corrected chi connectivity index (χ3v) is 5.55. The van der Waals surface area contributed by atoms with E-state index in [9.17, 15) is 21.6 Å². The Bertz CT molecular complexity index is 836.